The molecule has 0 fully saturated rings. The van der Waals surface area contributed by atoms with Gasteiger partial charge in [-0.2, -0.15) is 5.48 Å². The van der Waals surface area contributed by atoms with E-state index in [0.29, 0.717) is 11.5 Å². The molecule has 0 aromatic heterocycles. The lowest BCUT2D eigenvalue weighted by Crippen LogP contribution is -2.22. The number of sulfone groups is 1. The van der Waals surface area contributed by atoms with Gasteiger partial charge in [0.05, 0.1) is 9.79 Å². The summed E-state index contributed by atoms with van der Waals surface area (Å²) in [6, 6.07) is 12.7. The molecule has 0 saturated carbocycles. The Labute approximate surface area is 137 Å². The molecule has 0 spiro atoms. The lowest BCUT2D eigenvalue weighted by molar-refractivity contribution is 0.131. The lowest BCUT2D eigenvalue weighted by atomic mass is 10.2. The number of benzene rings is 2. The van der Waals surface area contributed by atoms with Gasteiger partial charge in [-0.3, -0.25) is 0 Å². The second-order valence-electron chi connectivity index (χ2n) is 5.97. The zero-order valence-corrected chi connectivity index (χ0v) is 14.5. The van der Waals surface area contributed by atoms with E-state index in [0.717, 1.165) is 0 Å². The Morgan fingerprint density at radius 1 is 0.826 bits per heavy atom. The average Bonchev–Trinajstić information content (AvgIpc) is 2.47. The SMILES string of the molecule is CNOc1ccc(S(=O)(=O)c2ccc(OC(C)(C)C)cc2)cc1. The second-order valence-corrected chi connectivity index (χ2v) is 7.92. The number of hydrogen-bond donors (Lipinski definition) is 1. The van der Waals surface area contributed by atoms with Crippen LogP contribution in [0.15, 0.2) is 58.3 Å². The maximum atomic E-state index is 12.6. The largest absolute Gasteiger partial charge is 0.488 e. The van der Waals surface area contributed by atoms with E-state index in [-0.39, 0.29) is 15.4 Å². The summed E-state index contributed by atoms with van der Waals surface area (Å²) < 4.78 is 30.9. The van der Waals surface area contributed by atoms with Crippen LogP contribution < -0.4 is 15.1 Å². The van der Waals surface area contributed by atoms with Crippen molar-refractivity contribution < 1.29 is 18.0 Å². The minimum atomic E-state index is -3.56. The fraction of sp³-hybridized carbons (Fsp3) is 0.294. The molecule has 0 amide bonds. The van der Waals surface area contributed by atoms with Gasteiger partial charge in [0.1, 0.15) is 17.1 Å². The third-order valence-electron chi connectivity index (χ3n) is 2.91. The molecule has 6 heteroatoms. The Hall–Kier alpha value is -2.05. The quantitative estimate of drug-likeness (QED) is 0.850. The first-order chi connectivity index (χ1) is 10.7. The van der Waals surface area contributed by atoms with Crippen LogP contribution >= 0.6 is 0 Å². The van der Waals surface area contributed by atoms with E-state index < -0.39 is 9.84 Å². The van der Waals surface area contributed by atoms with Gasteiger partial charge in [0.25, 0.3) is 0 Å². The zero-order valence-electron chi connectivity index (χ0n) is 13.7. The fourth-order valence-corrected chi connectivity index (χ4v) is 3.24. The van der Waals surface area contributed by atoms with Crippen LogP contribution in [0.2, 0.25) is 0 Å². The summed E-state index contributed by atoms with van der Waals surface area (Å²) in [5.41, 5.74) is 2.21. The van der Waals surface area contributed by atoms with Crippen LogP contribution in [0, 0.1) is 0 Å². The number of hydrogen-bond acceptors (Lipinski definition) is 5. The predicted octanol–water partition coefficient (Wildman–Crippen LogP) is 3.21. The van der Waals surface area contributed by atoms with Crippen molar-refractivity contribution in [3.63, 3.8) is 0 Å². The molecule has 0 aliphatic rings. The van der Waals surface area contributed by atoms with Gasteiger partial charge in [0.15, 0.2) is 0 Å². The Bertz CT molecular complexity index is 745. The Kier molecular flexibility index (Phi) is 4.97. The third kappa shape index (κ3) is 4.46. The van der Waals surface area contributed by atoms with Gasteiger partial charge in [0, 0.05) is 7.05 Å². The van der Waals surface area contributed by atoms with Crippen molar-refractivity contribution in [3.8, 4) is 11.5 Å². The van der Waals surface area contributed by atoms with E-state index in [2.05, 4.69) is 5.48 Å². The van der Waals surface area contributed by atoms with Crippen LogP contribution in [0.3, 0.4) is 0 Å². The maximum Gasteiger partial charge on any atom is 0.206 e. The van der Waals surface area contributed by atoms with Gasteiger partial charge in [0.2, 0.25) is 9.84 Å². The molecular formula is C17H21NO4S. The number of rotatable bonds is 5. The highest BCUT2D eigenvalue weighted by molar-refractivity contribution is 7.91. The van der Waals surface area contributed by atoms with Crippen LogP contribution in [0.5, 0.6) is 11.5 Å². The van der Waals surface area contributed by atoms with Gasteiger partial charge >= 0.3 is 0 Å². The van der Waals surface area contributed by atoms with Gasteiger partial charge < -0.3 is 9.57 Å². The van der Waals surface area contributed by atoms with Crippen LogP contribution in [-0.2, 0) is 9.84 Å². The molecule has 0 saturated heterocycles. The van der Waals surface area contributed by atoms with Crippen molar-refractivity contribution in [2.45, 2.75) is 36.2 Å². The topological polar surface area (TPSA) is 64.6 Å². The summed E-state index contributed by atoms with van der Waals surface area (Å²) in [5.74, 6) is 1.18. The first-order valence-corrected chi connectivity index (χ1v) is 8.68. The molecule has 2 aromatic carbocycles. The highest BCUT2D eigenvalue weighted by Gasteiger charge is 2.18. The third-order valence-corrected chi connectivity index (χ3v) is 4.70. The fourth-order valence-electron chi connectivity index (χ4n) is 1.98. The minimum absolute atomic E-state index is 0.213. The van der Waals surface area contributed by atoms with Crippen molar-refractivity contribution in [3.05, 3.63) is 48.5 Å². The molecule has 0 radical (unpaired) electrons. The molecule has 0 aliphatic carbocycles. The molecule has 124 valence electrons. The van der Waals surface area contributed by atoms with Crippen LogP contribution in [0.4, 0.5) is 0 Å². The predicted molar refractivity (Wildman–Crippen MR) is 88.4 cm³/mol. The first-order valence-electron chi connectivity index (χ1n) is 7.20. The minimum Gasteiger partial charge on any atom is -0.488 e. The zero-order chi connectivity index (χ0) is 17.1. The van der Waals surface area contributed by atoms with E-state index in [1.165, 1.54) is 12.1 Å². The molecule has 23 heavy (non-hydrogen) atoms. The molecule has 0 unspecified atom stereocenters. The van der Waals surface area contributed by atoms with E-state index in [9.17, 15) is 8.42 Å². The highest BCUT2D eigenvalue weighted by Crippen LogP contribution is 2.26. The number of hydroxylamine groups is 1. The van der Waals surface area contributed by atoms with Crippen molar-refractivity contribution in [2.24, 2.45) is 0 Å². The Balaban J connectivity index is 2.25. The first kappa shape index (κ1) is 17.3. The molecule has 1 N–H and O–H groups in total. The van der Waals surface area contributed by atoms with Gasteiger partial charge in [-0.15, -0.1) is 0 Å². The highest BCUT2D eigenvalue weighted by atomic mass is 32.2. The van der Waals surface area contributed by atoms with E-state index >= 15 is 0 Å². The monoisotopic (exact) mass is 335 g/mol. The standard InChI is InChI=1S/C17H21NO4S/c1-17(2,3)21-13-5-9-15(10-6-13)23(19,20)16-11-7-14(8-12-16)22-18-4/h5-12,18H,1-4H3. The van der Waals surface area contributed by atoms with Crippen molar-refractivity contribution >= 4 is 9.84 Å². The van der Waals surface area contributed by atoms with E-state index in [1.807, 2.05) is 20.8 Å². The smallest absolute Gasteiger partial charge is 0.206 e. The molecular weight excluding hydrogens is 314 g/mol. The van der Waals surface area contributed by atoms with Crippen LogP contribution in [0.25, 0.3) is 0 Å². The van der Waals surface area contributed by atoms with E-state index in [1.54, 1.807) is 43.4 Å². The van der Waals surface area contributed by atoms with Crippen molar-refractivity contribution in [1.82, 2.24) is 5.48 Å². The number of nitrogens with one attached hydrogen (secondary N) is 1. The summed E-state index contributed by atoms with van der Waals surface area (Å²) >= 11 is 0. The van der Waals surface area contributed by atoms with Crippen molar-refractivity contribution in [2.75, 3.05) is 7.05 Å². The number of ether oxygens (including phenoxy) is 1. The second kappa shape index (κ2) is 6.60. The molecule has 2 rings (SSSR count). The summed E-state index contributed by atoms with van der Waals surface area (Å²) in [7, 11) is -1.93. The summed E-state index contributed by atoms with van der Waals surface area (Å²) in [6.45, 7) is 5.81. The van der Waals surface area contributed by atoms with Gasteiger partial charge in [-0.05, 0) is 69.3 Å². The molecule has 0 bridgehead atoms. The molecule has 0 aliphatic heterocycles. The summed E-state index contributed by atoms with van der Waals surface area (Å²) in [5, 5.41) is 0. The Morgan fingerprint density at radius 2 is 1.26 bits per heavy atom. The van der Waals surface area contributed by atoms with Crippen LogP contribution in [0.1, 0.15) is 20.8 Å². The van der Waals surface area contributed by atoms with Gasteiger partial charge in [-0.25, -0.2) is 8.42 Å². The van der Waals surface area contributed by atoms with Crippen LogP contribution in [-0.4, -0.2) is 21.1 Å². The maximum absolute atomic E-state index is 12.6. The molecule has 0 atom stereocenters. The summed E-state index contributed by atoms with van der Waals surface area (Å²) in [6.07, 6.45) is 0. The normalized spacial score (nSPS) is 12.0. The van der Waals surface area contributed by atoms with Crippen molar-refractivity contribution in [1.29, 1.82) is 0 Å². The lowest BCUT2D eigenvalue weighted by Gasteiger charge is -2.21. The Morgan fingerprint density at radius 3 is 1.65 bits per heavy atom. The average molecular weight is 335 g/mol. The molecule has 5 nitrogen and oxygen atoms in total. The van der Waals surface area contributed by atoms with E-state index in [4.69, 9.17) is 9.57 Å². The van der Waals surface area contributed by atoms with Gasteiger partial charge in [-0.1, -0.05) is 0 Å². The molecule has 2 aromatic rings. The summed E-state index contributed by atoms with van der Waals surface area (Å²) in [4.78, 5) is 5.52. The molecule has 0 heterocycles.